The number of amides is 1. The second kappa shape index (κ2) is 10.4. The Morgan fingerprint density at radius 1 is 1.16 bits per heavy atom. The molecule has 4 rings (SSSR count). The van der Waals surface area contributed by atoms with E-state index in [1.165, 1.54) is 5.56 Å². The summed E-state index contributed by atoms with van der Waals surface area (Å²) in [5, 5.41) is 6.42. The number of anilines is 1. The van der Waals surface area contributed by atoms with Crippen molar-refractivity contribution in [2.75, 3.05) is 31.6 Å². The Kier molecular flexibility index (Phi) is 7.20. The largest absolute Gasteiger partial charge is 0.368 e. The highest BCUT2D eigenvalue weighted by atomic mass is 16.5. The predicted octanol–water partition coefficient (Wildman–Crippen LogP) is 3.76. The minimum absolute atomic E-state index is 0.0597. The van der Waals surface area contributed by atoms with E-state index in [4.69, 9.17) is 9.73 Å². The topological polar surface area (TPSA) is 66.0 Å². The number of hydrogen-bond donors (Lipinski definition) is 2. The highest BCUT2D eigenvalue weighted by Crippen LogP contribution is 2.27. The highest BCUT2D eigenvalue weighted by molar-refractivity contribution is 5.94. The summed E-state index contributed by atoms with van der Waals surface area (Å²) in [7, 11) is 0. The first-order valence-corrected chi connectivity index (χ1v) is 11.3. The van der Waals surface area contributed by atoms with Crippen molar-refractivity contribution in [1.29, 1.82) is 0 Å². The Balaban J connectivity index is 1.39. The number of carbonyl (C=O) groups is 1. The van der Waals surface area contributed by atoms with Crippen LogP contribution in [-0.2, 0) is 16.1 Å². The van der Waals surface area contributed by atoms with E-state index in [-0.39, 0.29) is 12.0 Å². The van der Waals surface area contributed by atoms with Crippen LogP contribution in [-0.4, -0.2) is 49.1 Å². The molecule has 0 aliphatic carbocycles. The van der Waals surface area contributed by atoms with Gasteiger partial charge < -0.3 is 20.3 Å². The maximum atomic E-state index is 12.3. The first-order valence-electron chi connectivity index (χ1n) is 11.3. The molecule has 2 aromatic carbocycles. The minimum atomic E-state index is -0.324. The quantitative estimate of drug-likeness (QED) is 0.552. The van der Waals surface area contributed by atoms with Crippen molar-refractivity contribution >= 4 is 17.6 Å². The zero-order chi connectivity index (χ0) is 21.5. The molecule has 2 fully saturated rings. The third-order valence-corrected chi connectivity index (χ3v) is 5.92. The van der Waals surface area contributed by atoms with E-state index >= 15 is 0 Å². The summed E-state index contributed by atoms with van der Waals surface area (Å²) in [4.78, 5) is 19.6. The molecular weight excluding hydrogens is 388 g/mol. The molecule has 1 amide bonds. The molecule has 0 bridgehead atoms. The van der Waals surface area contributed by atoms with Gasteiger partial charge in [-0.1, -0.05) is 42.5 Å². The van der Waals surface area contributed by atoms with Crippen LogP contribution in [0, 0.1) is 0 Å². The van der Waals surface area contributed by atoms with Gasteiger partial charge in [-0.25, -0.2) is 4.99 Å². The number of guanidine groups is 1. The van der Waals surface area contributed by atoms with Gasteiger partial charge in [0.25, 0.3) is 5.91 Å². The SMILES string of the molecule is CCNC(=NCc1cccc(NC(=O)C2CCCO2)c1)N1CCC(c2ccccc2)C1. The minimum Gasteiger partial charge on any atom is -0.368 e. The molecule has 2 unspecified atom stereocenters. The number of ether oxygens (including phenoxy) is 1. The average Bonchev–Trinajstić information content (AvgIpc) is 3.50. The average molecular weight is 421 g/mol. The molecule has 2 aliphatic heterocycles. The third-order valence-electron chi connectivity index (χ3n) is 5.92. The molecule has 2 heterocycles. The molecule has 2 N–H and O–H groups in total. The summed E-state index contributed by atoms with van der Waals surface area (Å²) in [6, 6.07) is 18.6. The maximum Gasteiger partial charge on any atom is 0.253 e. The Bertz CT molecular complexity index is 893. The van der Waals surface area contributed by atoms with E-state index in [0.29, 0.717) is 19.1 Å². The molecule has 31 heavy (non-hydrogen) atoms. The van der Waals surface area contributed by atoms with Gasteiger partial charge in [0.15, 0.2) is 5.96 Å². The van der Waals surface area contributed by atoms with Crippen LogP contribution in [0.2, 0.25) is 0 Å². The number of rotatable bonds is 6. The van der Waals surface area contributed by atoms with E-state index in [1.54, 1.807) is 0 Å². The molecule has 2 aliphatic rings. The molecule has 6 heteroatoms. The van der Waals surface area contributed by atoms with Crippen LogP contribution in [0.25, 0.3) is 0 Å². The van der Waals surface area contributed by atoms with E-state index in [9.17, 15) is 4.79 Å². The van der Waals surface area contributed by atoms with Gasteiger partial charge in [-0.15, -0.1) is 0 Å². The lowest BCUT2D eigenvalue weighted by Gasteiger charge is -2.22. The summed E-state index contributed by atoms with van der Waals surface area (Å²) in [5.41, 5.74) is 3.26. The fourth-order valence-corrected chi connectivity index (χ4v) is 4.30. The number of hydrogen-bond acceptors (Lipinski definition) is 3. The third kappa shape index (κ3) is 5.64. The Morgan fingerprint density at radius 2 is 2.03 bits per heavy atom. The summed E-state index contributed by atoms with van der Waals surface area (Å²) in [6.45, 7) is 6.15. The molecule has 0 spiro atoms. The summed E-state index contributed by atoms with van der Waals surface area (Å²) >= 11 is 0. The summed E-state index contributed by atoms with van der Waals surface area (Å²) < 4.78 is 5.47. The number of aliphatic imine (C=N–C) groups is 1. The van der Waals surface area contributed by atoms with Crippen molar-refractivity contribution in [3.63, 3.8) is 0 Å². The fourth-order valence-electron chi connectivity index (χ4n) is 4.30. The molecular formula is C25H32N4O2. The molecule has 6 nitrogen and oxygen atoms in total. The number of carbonyl (C=O) groups excluding carboxylic acids is 1. The monoisotopic (exact) mass is 420 g/mol. The molecule has 2 saturated heterocycles. The molecule has 0 aromatic heterocycles. The van der Waals surface area contributed by atoms with Crippen molar-refractivity contribution in [2.45, 2.75) is 44.8 Å². The molecule has 164 valence electrons. The van der Waals surface area contributed by atoms with Crippen LogP contribution in [0.3, 0.4) is 0 Å². The van der Waals surface area contributed by atoms with Crippen LogP contribution in [0.4, 0.5) is 5.69 Å². The lowest BCUT2D eigenvalue weighted by molar-refractivity contribution is -0.124. The van der Waals surface area contributed by atoms with Gasteiger partial charge in [-0.3, -0.25) is 4.79 Å². The van der Waals surface area contributed by atoms with Crippen molar-refractivity contribution in [1.82, 2.24) is 10.2 Å². The predicted molar refractivity (Wildman–Crippen MR) is 124 cm³/mol. The normalized spacial score (nSPS) is 21.3. The van der Waals surface area contributed by atoms with Crippen LogP contribution in [0.5, 0.6) is 0 Å². The van der Waals surface area contributed by atoms with Crippen molar-refractivity contribution in [3.8, 4) is 0 Å². The van der Waals surface area contributed by atoms with Gasteiger partial charge in [0.05, 0.1) is 6.54 Å². The molecule has 2 atom stereocenters. The van der Waals surface area contributed by atoms with Crippen LogP contribution < -0.4 is 10.6 Å². The van der Waals surface area contributed by atoms with E-state index < -0.39 is 0 Å². The lowest BCUT2D eigenvalue weighted by atomic mass is 9.99. The van der Waals surface area contributed by atoms with Crippen molar-refractivity contribution in [3.05, 3.63) is 65.7 Å². The van der Waals surface area contributed by atoms with Crippen molar-refractivity contribution in [2.24, 2.45) is 4.99 Å². The standard InChI is InChI=1S/C25H32N4O2/c1-2-26-25(29-14-13-21(18-29)20-9-4-3-5-10-20)27-17-19-8-6-11-22(16-19)28-24(30)23-12-7-15-31-23/h3-6,8-11,16,21,23H,2,7,12-15,17-18H2,1H3,(H,26,27)(H,28,30). The van der Waals surface area contributed by atoms with Crippen molar-refractivity contribution < 1.29 is 9.53 Å². The molecule has 0 radical (unpaired) electrons. The number of nitrogens with one attached hydrogen (secondary N) is 2. The first kappa shape index (κ1) is 21.4. The van der Waals surface area contributed by atoms with Gasteiger partial charge in [0.1, 0.15) is 6.10 Å². The highest BCUT2D eigenvalue weighted by Gasteiger charge is 2.26. The smallest absolute Gasteiger partial charge is 0.253 e. The van der Waals surface area contributed by atoms with Gasteiger partial charge in [0, 0.05) is 37.8 Å². The lowest BCUT2D eigenvalue weighted by Crippen LogP contribution is -2.40. The Morgan fingerprint density at radius 3 is 2.81 bits per heavy atom. The summed E-state index contributed by atoms with van der Waals surface area (Å²) in [5.74, 6) is 1.44. The van der Waals surface area contributed by atoms with Gasteiger partial charge >= 0.3 is 0 Å². The fraction of sp³-hybridized carbons (Fsp3) is 0.440. The zero-order valence-corrected chi connectivity index (χ0v) is 18.2. The van der Waals surface area contributed by atoms with Gasteiger partial charge in [0.2, 0.25) is 0 Å². The van der Waals surface area contributed by atoms with Crippen LogP contribution in [0.1, 0.15) is 43.2 Å². The first-order chi connectivity index (χ1) is 15.2. The van der Waals surface area contributed by atoms with Gasteiger partial charge in [-0.05, 0) is 49.4 Å². The Hall–Kier alpha value is -2.86. The molecule has 0 saturated carbocycles. The second-order valence-electron chi connectivity index (χ2n) is 8.20. The number of nitrogens with zero attached hydrogens (tertiary/aromatic N) is 2. The Labute approximate surface area is 184 Å². The zero-order valence-electron chi connectivity index (χ0n) is 18.2. The van der Waals surface area contributed by atoms with Crippen LogP contribution in [0.15, 0.2) is 59.6 Å². The number of likely N-dealkylation sites (tertiary alicyclic amines) is 1. The number of benzene rings is 2. The van der Waals surface area contributed by atoms with Crippen LogP contribution >= 0.6 is 0 Å². The summed E-state index contributed by atoms with van der Waals surface area (Å²) in [6.07, 6.45) is 2.55. The van der Waals surface area contributed by atoms with E-state index in [2.05, 4.69) is 52.8 Å². The van der Waals surface area contributed by atoms with E-state index in [1.807, 2.05) is 24.3 Å². The molecule has 2 aromatic rings. The maximum absolute atomic E-state index is 12.3. The second-order valence-corrected chi connectivity index (χ2v) is 8.20. The van der Waals surface area contributed by atoms with Gasteiger partial charge in [-0.2, -0.15) is 0 Å². The van der Waals surface area contributed by atoms with E-state index in [0.717, 1.165) is 56.1 Å².